The van der Waals surface area contributed by atoms with Gasteiger partial charge in [-0.25, -0.2) is 5.11 Å². The van der Waals surface area contributed by atoms with Crippen molar-refractivity contribution < 1.29 is 5.11 Å². The number of hydrogen-bond acceptors (Lipinski definition) is 1. The van der Waals surface area contributed by atoms with E-state index in [0.717, 1.165) is 13.0 Å². The fraction of sp³-hybridized carbons (Fsp3) is 1.00. The summed E-state index contributed by atoms with van der Waals surface area (Å²) in [5.41, 5.74) is 0.282. The maximum atomic E-state index is 9.98. The lowest BCUT2D eigenvalue weighted by Gasteiger charge is -2.21. The van der Waals surface area contributed by atoms with E-state index in [9.17, 15) is 5.11 Å². The van der Waals surface area contributed by atoms with Gasteiger partial charge in [-0.2, -0.15) is 0 Å². The first kappa shape index (κ1) is 8.92. The molecule has 0 aliphatic rings. The first-order valence-corrected chi connectivity index (χ1v) is 3.41. The lowest BCUT2D eigenvalue weighted by molar-refractivity contribution is 0.151. The normalized spacial score (nSPS) is 12.0. The third kappa shape index (κ3) is 4.43. The maximum absolute atomic E-state index is 9.98. The fourth-order valence-corrected chi connectivity index (χ4v) is 0.514. The topological polar surface area (TPSA) is 31.9 Å². The Kier molecular flexibility index (Phi) is 3.82. The van der Waals surface area contributed by atoms with Crippen molar-refractivity contribution in [2.45, 2.75) is 27.2 Å². The van der Waals surface area contributed by atoms with E-state index >= 15 is 0 Å². The van der Waals surface area contributed by atoms with Crippen LogP contribution < -0.4 is 5.32 Å². The summed E-state index contributed by atoms with van der Waals surface area (Å²) in [6, 6.07) is 0. The van der Waals surface area contributed by atoms with E-state index in [2.05, 4.69) is 26.1 Å². The molecule has 0 saturated carbocycles. The molecule has 0 aliphatic heterocycles. The van der Waals surface area contributed by atoms with Crippen LogP contribution in [0.15, 0.2) is 0 Å². The SMILES string of the molecule is CCC(C)(C)CNC[O]. The van der Waals surface area contributed by atoms with E-state index in [1.165, 1.54) is 0 Å². The second-order valence-electron chi connectivity index (χ2n) is 3.09. The molecule has 0 heterocycles. The van der Waals surface area contributed by atoms with Gasteiger partial charge in [0, 0.05) is 6.54 Å². The lowest BCUT2D eigenvalue weighted by Crippen LogP contribution is -2.28. The van der Waals surface area contributed by atoms with Crippen LogP contribution in [0.4, 0.5) is 0 Å². The molecule has 2 nitrogen and oxygen atoms in total. The molecule has 0 aromatic heterocycles. The molecule has 0 rings (SSSR count). The Hall–Kier alpha value is -0.0800. The van der Waals surface area contributed by atoms with Crippen LogP contribution in [0.25, 0.3) is 0 Å². The van der Waals surface area contributed by atoms with Crippen LogP contribution in [-0.4, -0.2) is 13.3 Å². The van der Waals surface area contributed by atoms with E-state index < -0.39 is 0 Å². The standard InChI is InChI=1S/C7H16NO/c1-4-7(2,3)5-8-6-9/h8H,4-6H2,1-3H3. The monoisotopic (exact) mass is 130 g/mol. The Bertz CT molecular complexity index is 71.3. The van der Waals surface area contributed by atoms with Crippen molar-refractivity contribution in [3.63, 3.8) is 0 Å². The Balaban J connectivity index is 3.33. The van der Waals surface area contributed by atoms with Gasteiger partial charge in [-0.3, -0.25) is 5.32 Å². The summed E-state index contributed by atoms with van der Waals surface area (Å²) in [6.45, 7) is 7.09. The summed E-state index contributed by atoms with van der Waals surface area (Å²) >= 11 is 0. The molecule has 0 amide bonds. The molecule has 9 heavy (non-hydrogen) atoms. The quantitative estimate of drug-likeness (QED) is 0.573. The summed E-state index contributed by atoms with van der Waals surface area (Å²) in [6.07, 6.45) is 1.11. The molecule has 2 heteroatoms. The minimum Gasteiger partial charge on any atom is -0.292 e. The van der Waals surface area contributed by atoms with Crippen LogP contribution in [-0.2, 0) is 5.11 Å². The van der Waals surface area contributed by atoms with Crippen molar-refractivity contribution in [1.29, 1.82) is 0 Å². The van der Waals surface area contributed by atoms with E-state index in [1.54, 1.807) is 0 Å². The van der Waals surface area contributed by atoms with Crippen LogP contribution in [0.2, 0.25) is 0 Å². The van der Waals surface area contributed by atoms with Gasteiger partial charge in [0.2, 0.25) is 0 Å². The molecule has 0 aliphatic carbocycles. The molecule has 1 N–H and O–H groups in total. The Labute approximate surface area is 57.3 Å². The van der Waals surface area contributed by atoms with Crippen molar-refractivity contribution >= 4 is 0 Å². The predicted molar refractivity (Wildman–Crippen MR) is 37.6 cm³/mol. The zero-order valence-electron chi connectivity index (χ0n) is 6.53. The fourth-order valence-electron chi connectivity index (χ4n) is 0.514. The molecule has 0 atom stereocenters. The molecular weight excluding hydrogens is 114 g/mol. The zero-order valence-corrected chi connectivity index (χ0v) is 6.53. The largest absolute Gasteiger partial charge is 0.292 e. The maximum Gasteiger partial charge on any atom is 0.133 e. The van der Waals surface area contributed by atoms with Crippen molar-refractivity contribution in [3.8, 4) is 0 Å². The van der Waals surface area contributed by atoms with Gasteiger partial charge in [0.25, 0.3) is 0 Å². The average Bonchev–Trinajstić information content (AvgIpc) is 1.84. The van der Waals surface area contributed by atoms with E-state index in [-0.39, 0.29) is 12.1 Å². The third-order valence-corrected chi connectivity index (χ3v) is 1.66. The van der Waals surface area contributed by atoms with E-state index in [0.29, 0.717) is 0 Å². The number of nitrogens with one attached hydrogen (secondary N) is 1. The molecule has 0 bridgehead atoms. The summed E-state index contributed by atoms with van der Waals surface area (Å²) in [5.74, 6) is 0. The molecule has 0 saturated heterocycles. The molecule has 55 valence electrons. The predicted octanol–water partition coefficient (Wildman–Crippen LogP) is 1.40. The summed E-state index contributed by atoms with van der Waals surface area (Å²) < 4.78 is 0. The van der Waals surface area contributed by atoms with E-state index in [1.807, 2.05) is 0 Å². The smallest absolute Gasteiger partial charge is 0.133 e. The molecule has 0 unspecified atom stereocenters. The zero-order chi connectivity index (χ0) is 7.33. The van der Waals surface area contributed by atoms with E-state index in [4.69, 9.17) is 0 Å². The molecular formula is C7H16NO. The Morgan fingerprint density at radius 1 is 1.44 bits per heavy atom. The minimum absolute atomic E-state index is 0.163. The minimum atomic E-state index is -0.163. The molecule has 0 aromatic rings. The van der Waals surface area contributed by atoms with Gasteiger partial charge in [0.1, 0.15) is 6.73 Å². The molecule has 0 spiro atoms. The summed E-state index contributed by atoms with van der Waals surface area (Å²) in [5, 5.41) is 12.8. The second kappa shape index (κ2) is 3.85. The van der Waals surface area contributed by atoms with Crippen molar-refractivity contribution in [2.75, 3.05) is 13.3 Å². The van der Waals surface area contributed by atoms with Crippen LogP contribution in [0.1, 0.15) is 27.2 Å². The second-order valence-corrected chi connectivity index (χ2v) is 3.09. The van der Waals surface area contributed by atoms with Crippen LogP contribution in [0, 0.1) is 5.41 Å². The van der Waals surface area contributed by atoms with Gasteiger partial charge in [-0.1, -0.05) is 20.8 Å². The van der Waals surface area contributed by atoms with Crippen LogP contribution in [0.5, 0.6) is 0 Å². The van der Waals surface area contributed by atoms with Crippen molar-refractivity contribution in [2.24, 2.45) is 5.41 Å². The first-order valence-electron chi connectivity index (χ1n) is 3.41. The number of hydrogen-bond donors (Lipinski definition) is 1. The Morgan fingerprint density at radius 2 is 2.00 bits per heavy atom. The van der Waals surface area contributed by atoms with Crippen molar-refractivity contribution in [1.82, 2.24) is 5.32 Å². The Morgan fingerprint density at radius 3 is 2.33 bits per heavy atom. The summed E-state index contributed by atoms with van der Waals surface area (Å²) in [4.78, 5) is 0. The highest BCUT2D eigenvalue weighted by molar-refractivity contribution is 4.67. The summed E-state index contributed by atoms with van der Waals surface area (Å²) in [7, 11) is 0. The van der Waals surface area contributed by atoms with Gasteiger partial charge in [-0.15, -0.1) is 0 Å². The van der Waals surface area contributed by atoms with Gasteiger partial charge >= 0.3 is 0 Å². The van der Waals surface area contributed by atoms with Gasteiger partial charge in [0.05, 0.1) is 0 Å². The average molecular weight is 130 g/mol. The van der Waals surface area contributed by atoms with Crippen molar-refractivity contribution in [3.05, 3.63) is 0 Å². The molecule has 0 fully saturated rings. The van der Waals surface area contributed by atoms with Crippen LogP contribution in [0.3, 0.4) is 0 Å². The first-order chi connectivity index (χ1) is 4.12. The van der Waals surface area contributed by atoms with Gasteiger partial charge in [0.15, 0.2) is 0 Å². The number of rotatable bonds is 4. The highest BCUT2D eigenvalue weighted by atomic mass is 16.3. The third-order valence-electron chi connectivity index (χ3n) is 1.66. The van der Waals surface area contributed by atoms with Gasteiger partial charge < -0.3 is 0 Å². The van der Waals surface area contributed by atoms with Crippen LogP contribution >= 0.6 is 0 Å². The highest BCUT2D eigenvalue weighted by Crippen LogP contribution is 2.17. The molecule has 1 radical (unpaired) electrons. The lowest BCUT2D eigenvalue weighted by atomic mass is 9.90. The highest BCUT2D eigenvalue weighted by Gasteiger charge is 2.12. The molecule has 0 aromatic carbocycles. The van der Waals surface area contributed by atoms with Gasteiger partial charge in [-0.05, 0) is 11.8 Å².